The average molecular weight is 511 g/mol. The van der Waals surface area contributed by atoms with E-state index in [0.29, 0.717) is 0 Å². The molecule has 0 aromatic heterocycles. The fourth-order valence-electron chi connectivity index (χ4n) is 6.29. The molecule has 0 spiro atoms. The number of hydrogen-bond acceptors (Lipinski definition) is 7. The van der Waals surface area contributed by atoms with Crippen LogP contribution >= 0.6 is 0 Å². The molecule has 1 amide bonds. The van der Waals surface area contributed by atoms with Gasteiger partial charge in [-0.1, -0.05) is 12.1 Å². The minimum atomic E-state index is -3.17. The summed E-state index contributed by atoms with van der Waals surface area (Å²) in [6, 6.07) is 9.59. The molecule has 0 radical (unpaired) electrons. The van der Waals surface area contributed by atoms with Gasteiger partial charge in [-0.2, -0.15) is 4.36 Å². The zero-order valence-corrected chi connectivity index (χ0v) is 20.2. The van der Waals surface area contributed by atoms with E-state index < -0.39 is 20.6 Å². The molecule has 9 nitrogen and oxygen atoms in total. The zero-order chi connectivity index (χ0) is 25.4. The van der Waals surface area contributed by atoms with Gasteiger partial charge >= 0.3 is 0 Å². The molecule has 2 aromatic carbocycles. The number of amides is 1. The predicted molar refractivity (Wildman–Crippen MR) is 130 cm³/mol. The number of aliphatic hydroxyl groups excluding tert-OH is 1. The number of halogens is 1. The molecule has 11 heteroatoms. The van der Waals surface area contributed by atoms with E-state index in [4.69, 9.17) is 0 Å². The second kappa shape index (κ2) is 7.95. The van der Waals surface area contributed by atoms with Crippen molar-refractivity contribution >= 4 is 32.8 Å². The number of hydrogen-bond donors (Lipinski definition) is 1. The van der Waals surface area contributed by atoms with E-state index in [1.54, 1.807) is 17.0 Å². The first-order chi connectivity index (χ1) is 17.1. The molecule has 2 heterocycles. The number of nitro groups is 1. The van der Waals surface area contributed by atoms with Crippen LogP contribution in [0.1, 0.15) is 24.8 Å². The number of amidine groups is 1. The Bertz CT molecular complexity index is 1510. The maximum absolute atomic E-state index is 13.9. The Kier molecular flexibility index (Phi) is 5.05. The first-order valence-electron chi connectivity index (χ1n) is 11.7. The van der Waals surface area contributed by atoms with Gasteiger partial charge in [0.25, 0.3) is 11.6 Å². The summed E-state index contributed by atoms with van der Waals surface area (Å²) in [6.07, 6.45) is 4.16. The Morgan fingerprint density at radius 1 is 1.19 bits per heavy atom. The van der Waals surface area contributed by atoms with Crippen LogP contribution in [0.4, 0.5) is 15.8 Å². The van der Waals surface area contributed by atoms with Gasteiger partial charge in [0.1, 0.15) is 17.1 Å². The average Bonchev–Trinajstić information content (AvgIpc) is 3.45. The standard InChI is InChI=1S/C25H23FN4O5S/c1-36(35)19-11-17(30(33)34)8-9-18(19)27-24(28-36)21-23(31)20-14-4-5-15(10-14)22(20)29(25(21)32)12-13-2-6-16(26)7-3-13/h2-3,6-9,11,14-15,20,22,31H,4-5,10,12H2,1H3/t14-,15+,20+,22-,36?/m0/s1. The number of carbonyl (C=O) groups is 1. The van der Waals surface area contributed by atoms with Crippen molar-refractivity contribution < 1.29 is 23.4 Å². The number of rotatable bonds is 4. The van der Waals surface area contributed by atoms with E-state index in [1.807, 2.05) is 0 Å². The largest absolute Gasteiger partial charge is 0.511 e. The quantitative estimate of drug-likeness (QED) is 0.479. The second-order valence-corrected chi connectivity index (χ2v) is 12.1. The number of aliphatic hydroxyl groups is 1. The van der Waals surface area contributed by atoms with Crippen LogP contribution in [0.15, 0.2) is 68.0 Å². The van der Waals surface area contributed by atoms with E-state index in [9.17, 15) is 28.6 Å². The topological polar surface area (TPSA) is 125 Å². The predicted octanol–water partition coefficient (Wildman–Crippen LogP) is 4.50. The smallest absolute Gasteiger partial charge is 0.270 e. The second-order valence-electron chi connectivity index (χ2n) is 9.91. The molecule has 5 atom stereocenters. The van der Waals surface area contributed by atoms with Crippen molar-refractivity contribution in [2.45, 2.75) is 36.7 Å². The minimum Gasteiger partial charge on any atom is -0.511 e. The number of nitro benzene ring substituents is 1. The molecule has 6 rings (SSSR count). The van der Waals surface area contributed by atoms with Gasteiger partial charge in [0.2, 0.25) is 0 Å². The highest BCUT2D eigenvalue weighted by atomic mass is 32.2. The van der Waals surface area contributed by atoms with E-state index in [2.05, 4.69) is 9.36 Å². The Morgan fingerprint density at radius 3 is 2.64 bits per heavy atom. The molecule has 186 valence electrons. The minimum absolute atomic E-state index is 0.0735. The third-order valence-electron chi connectivity index (χ3n) is 7.82. The van der Waals surface area contributed by atoms with Crippen LogP contribution in [0.3, 0.4) is 0 Å². The summed E-state index contributed by atoms with van der Waals surface area (Å²) in [5, 5.41) is 22.6. The van der Waals surface area contributed by atoms with E-state index in [-0.39, 0.29) is 69.6 Å². The number of benzene rings is 2. The Hall–Kier alpha value is -3.60. The SMILES string of the molecule is CS1(=O)=NC(C2=C(O)[C@@H]3[C@H]4CC[C@H](C4)[C@@H]3N(Cc3ccc(F)cc3)C2=O)=Nc2ccc([N+](=O)[O-])cc21. The normalized spacial score (nSPS) is 30.6. The fraction of sp³-hybridized carbons (Fsp3) is 0.360. The lowest BCUT2D eigenvalue weighted by atomic mass is 9.77. The monoisotopic (exact) mass is 510 g/mol. The lowest BCUT2D eigenvalue weighted by Crippen LogP contribution is -2.53. The van der Waals surface area contributed by atoms with Gasteiger partial charge in [0.05, 0.1) is 25.2 Å². The molecule has 0 saturated heterocycles. The third-order valence-corrected chi connectivity index (χ3v) is 9.48. The lowest BCUT2D eigenvalue weighted by Gasteiger charge is -2.43. The molecule has 2 aliphatic carbocycles. The molecule has 2 aromatic rings. The summed E-state index contributed by atoms with van der Waals surface area (Å²) < 4.78 is 31.2. The summed E-state index contributed by atoms with van der Waals surface area (Å²) in [7, 11) is -3.17. The molecule has 2 aliphatic heterocycles. The van der Waals surface area contributed by atoms with Crippen LogP contribution < -0.4 is 0 Å². The summed E-state index contributed by atoms with van der Waals surface area (Å²) in [5.41, 5.74) is 0.658. The van der Waals surface area contributed by atoms with Crippen LogP contribution in [0, 0.1) is 33.7 Å². The molecule has 4 aliphatic rings. The zero-order valence-electron chi connectivity index (χ0n) is 19.3. The van der Waals surface area contributed by atoms with Crippen LogP contribution in [0.25, 0.3) is 0 Å². The highest BCUT2D eigenvalue weighted by molar-refractivity contribution is 7.93. The third kappa shape index (κ3) is 3.44. The Balaban J connectivity index is 1.47. The van der Waals surface area contributed by atoms with E-state index in [1.165, 1.54) is 36.6 Å². The van der Waals surface area contributed by atoms with Crippen molar-refractivity contribution in [2.75, 3.05) is 6.26 Å². The molecule has 2 fully saturated rings. The van der Waals surface area contributed by atoms with Gasteiger partial charge in [-0.25, -0.2) is 13.6 Å². The number of carbonyl (C=O) groups excluding carboxylic acids is 1. The maximum atomic E-state index is 13.9. The summed E-state index contributed by atoms with van der Waals surface area (Å²) in [5.74, 6) is -0.840. The number of nitrogens with zero attached hydrogens (tertiary/aromatic N) is 4. The molecular weight excluding hydrogens is 487 g/mol. The van der Waals surface area contributed by atoms with Crippen molar-refractivity contribution in [3.05, 3.63) is 75.3 Å². The van der Waals surface area contributed by atoms with Gasteiger partial charge < -0.3 is 10.0 Å². The van der Waals surface area contributed by atoms with Crippen molar-refractivity contribution in [1.82, 2.24) is 4.90 Å². The van der Waals surface area contributed by atoms with Crippen molar-refractivity contribution in [3.8, 4) is 0 Å². The number of non-ortho nitro benzene ring substituents is 1. The first kappa shape index (κ1) is 22.8. The molecule has 36 heavy (non-hydrogen) atoms. The van der Waals surface area contributed by atoms with Crippen LogP contribution in [0.2, 0.25) is 0 Å². The highest BCUT2D eigenvalue weighted by Gasteiger charge is 2.57. The number of aliphatic imine (C=N–C) groups is 1. The highest BCUT2D eigenvalue weighted by Crippen LogP contribution is 2.55. The lowest BCUT2D eigenvalue weighted by molar-refractivity contribution is -0.385. The molecule has 2 saturated carbocycles. The van der Waals surface area contributed by atoms with Gasteiger partial charge in [0.15, 0.2) is 5.84 Å². The molecule has 1 unspecified atom stereocenters. The van der Waals surface area contributed by atoms with Crippen molar-refractivity contribution in [3.63, 3.8) is 0 Å². The Labute approximate surface area is 206 Å². The summed E-state index contributed by atoms with van der Waals surface area (Å²) in [6.45, 7) is 0.234. The van der Waals surface area contributed by atoms with Crippen molar-refractivity contribution in [2.24, 2.45) is 27.1 Å². The summed E-state index contributed by atoms with van der Waals surface area (Å²) in [4.78, 5) is 30.8. The van der Waals surface area contributed by atoms with Gasteiger partial charge in [-0.15, -0.1) is 0 Å². The van der Waals surface area contributed by atoms with Crippen LogP contribution in [0.5, 0.6) is 0 Å². The van der Waals surface area contributed by atoms with Crippen molar-refractivity contribution in [1.29, 1.82) is 0 Å². The van der Waals surface area contributed by atoms with E-state index >= 15 is 0 Å². The molecular formula is C25H23FN4O5S. The van der Waals surface area contributed by atoms with Gasteiger partial charge in [-0.3, -0.25) is 14.9 Å². The fourth-order valence-corrected chi connectivity index (χ4v) is 7.69. The Morgan fingerprint density at radius 2 is 1.92 bits per heavy atom. The number of fused-ring (bicyclic) bond motifs is 6. The van der Waals surface area contributed by atoms with E-state index in [0.717, 1.165) is 24.8 Å². The van der Waals surface area contributed by atoms with Crippen LogP contribution in [-0.2, 0) is 21.1 Å². The first-order valence-corrected chi connectivity index (χ1v) is 13.6. The van der Waals surface area contributed by atoms with Gasteiger partial charge in [-0.05, 0) is 54.9 Å². The molecule has 2 bridgehead atoms. The maximum Gasteiger partial charge on any atom is 0.270 e. The summed E-state index contributed by atoms with van der Waals surface area (Å²) >= 11 is 0. The molecule has 1 N–H and O–H groups in total. The van der Waals surface area contributed by atoms with Crippen LogP contribution in [-0.4, -0.2) is 43.2 Å². The van der Waals surface area contributed by atoms with Gasteiger partial charge in [0, 0.05) is 36.9 Å².